The molecule has 0 aliphatic carbocycles. The summed E-state index contributed by atoms with van der Waals surface area (Å²) in [5, 5.41) is 19.6. The van der Waals surface area contributed by atoms with Crippen molar-refractivity contribution in [3.05, 3.63) is 53.1 Å². The summed E-state index contributed by atoms with van der Waals surface area (Å²) in [5.74, 6) is 0. The van der Waals surface area contributed by atoms with E-state index in [1.165, 1.54) is 13.1 Å². The quantitative estimate of drug-likeness (QED) is 0.176. The molecule has 0 saturated carbocycles. The molecule has 26 heavy (non-hydrogen) atoms. The number of nitrogens with zero attached hydrogens (tertiary/aromatic N) is 2. The molecule has 0 aliphatic rings. The first-order valence-electron chi connectivity index (χ1n) is 7.20. The van der Waals surface area contributed by atoms with Gasteiger partial charge in [0.1, 0.15) is 4.90 Å². The third-order valence-corrected chi connectivity index (χ3v) is 4.83. The average Bonchev–Trinajstić information content (AvgIpc) is 2.59. The maximum atomic E-state index is 11.6. The van der Waals surface area contributed by atoms with Crippen LogP contribution in [0.25, 0.3) is 12.2 Å². The molecule has 0 bridgehead atoms. The second-order valence-corrected chi connectivity index (χ2v) is 7.23. The van der Waals surface area contributed by atoms with Crippen LogP contribution in [0.1, 0.15) is 16.7 Å². The molecule has 0 aliphatic heterocycles. The summed E-state index contributed by atoms with van der Waals surface area (Å²) in [6.07, 6.45) is 3.18. The first-order valence-corrected chi connectivity index (χ1v) is 9.38. The van der Waals surface area contributed by atoms with E-state index in [0.29, 0.717) is 27.3 Å². The molecule has 2 N–H and O–H groups in total. The number of azo groups is 1. The first kappa shape index (κ1) is 20.2. The second kappa shape index (κ2) is 9.03. The normalized spacial score (nSPS) is 12.3. The zero-order valence-electron chi connectivity index (χ0n) is 13.9. The van der Waals surface area contributed by atoms with E-state index in [9.17, 15) is 13.0 Å². The molecule has 0 atom stereocenters. The van der Waals surface area contributed by atoms with E-state index in [0.717, 1.165) is 12.0 Å². The van der Waals surface area contributed by atoms with E-state index in [2.05, 4.69) is 19.6 Å². The molecule has 138 valence electrons. The molecule has 10 heteroatoms. The Morgan fingerprint density at radius 1 is 1.12 bits per heavy atom. The maximum Gasteiger partial charge on any atom is 0.295 e. The van der Waals surface area contributed by atoms with Gasteiger partial charge in [0.15, 0.2) is 0 Å². The van der Waals surface area contributed by atoms with Crippen LogP contribution in [-0.2, 0) is 19.5 Å². The molecule has 0 heterocycles. The Hall–Kier alpha value is -2.08. The van der Waals surface area contributed by atoms with Crippen LogP contribution in [0.3, 0.4) is 0 Å². The van der Waals surface area contributed by atoms with Gasteiger partial charge in [-0.05, 0) is 41.8 Å². The fourth-order valence-electron chi connectivity index (χ4n) is 2.14. The lowest BCUT2D eigenvalue weighted by Gasteiger charge is -2.06. The van der Waals surface area contributed by atoms with Crippen LogP contribution in [0.2, 0.25) is 0 Å². The van der Waals surface area contributed by atoms with E-state index in [1.54, 1.807) is 49.4 Å². The molecule has 2 rings (SSSR count). The van der Waals surface area contributed by atoms with Gasteiger partial charge in [0.05, 0.1) is 17.7 Å². The SMILES string of the molecule is CN=Nc1ccc(C=Cc2ccc(C)cc2S(=O)(=O)O)c(SOOO)c1. The van der Waals surface area contributed by atoms with E-state index in [4.69, 9.17) is 5.26 Å². The van der Waals surface area contributed by atoms with Crippen LogP contribution >= 0.6 is 12.0 Å². The number of aryl methyl sites for hydroxylation is 1. The van der Waals surface area contributed by atoms with Gasteiger partial charge in [-0.25, -0.2) is 5.26 Å². The van der Waals surface area contributed by atoms with E-state index in [-0.39, 0.29) is 4.90 Å². The summed E-state index contributed by atoms with van der Waals surface area (Å²) in [6.45, 7) is 1.73. The van der Waals surface area contributed by atoms with Crippen molar-refractivity contribution in [1.29, 1.82) is 0 Å². The van der Waals surface area contributed by atoms with Crippen molar-refractivity contribution in [2.24, 2.45) is 10.2 Å². The summed E-state index contributed by atoms with van der Waals surface area (Å²) >= 11 is 0.742. The van der Waals surface area contributed by atoms with Gasteiger partial charge in [-0.3, -0.25) is 4.55 Å². The van der Waals surface area contributed by atoms with Crippen molar-refractivity contribution >= 4 is 40.0 Å². The molecular formula is C16H16N2O6S2. The number of hydrogen-bond donors (Lipinski definition) is 2. The van der Waals surface area contributed by atoms with Crippen LogP contribution < -0.4 is 0 Å². The van der Waals surface area contributed by atoms with E-state index in [1.807, 2.05) is 0 Å². The fraction of sp³-hybridized carbons (Fsp3) is 0.125. The van der Waals surface area contributed by atoms with Crippen molar-refractivity contribution < 1.29 is 27.6 Å². The Bertz CT molecular complexity index is 942. The van der Waals surface area contributed by atoms with Crippen LogP contribution in [0.15, 0.2) is 56.4 Å². The summed E-state index contributed by atoms with van der Waals surface area (Å²) in [7, 11) is -2.83. The Morgan fingerprint density at radius 3 is 2.46 bits per heavy atom. The standard InChI is InChI=1S/C16H16N2O6S2/c1-11-3-4-13(16(9-11)26(20,21)22)6-5-12-7-8-14(18-17-2)10-15(12)25-24-23-19/h3-10,19H,1-2H3,(H,20,21,22). The van der Waals surface area contributed by atoms with Crippen LogP contribution in [0.5, 0.6) is 0 Å². The molecule has 0 aromatic heterocycles. The molecule has 0 amide bonds. The highest BCUT2D eigenvalue weighted by Gasteiger charge is 2.14. The van der Waals surface area contributed by atoms with Crippen molar-refractivity contribution in [2.75, 3.05) is 7.05 Å². The van der Waals surface area contributed by atoms with Crippen molar-refractivity contribution in [2.45, 2.75) is 16.7 Å². The predicted octanol–water partition coefficient (Wildman–Crippen LogP) is 4.55. The minimum absolute atomic E-state index is 0.186. The van der Waals surface area contributed by atoms with Crippen molar-refractivity contribution in [3.8, 4) is 0 Å². The molecule has 0 radical (unpaired) electrons. The van der Waals surface area contributed by atoms with Crippen LogP contribution in [0.4, 0.5) is 5.69 Å². The van der Waals surface area contributed by atoms with Gasteiger partial charge >= 0.3 is 0 Å². The molecular weight excluding hydrogens is 380 g/mol. The molecule has 0 saturated heterocycles. The highest BCUT2D eigenvalue weighted by molar-refractivity contribution is 7.94. The average molecular weight is 396 g/mol. The van der Waals surface area contributed by atoms with Crippen molar-refractivity contribution in [1.82, 2.24) is 0 Å². The van der Waals surface area contributed by atoms with Gasteiger partial charge in [0, 0.05) is 11.9 Å². The molecule has 8 nitrogen and oxygen atoms in total. The van der Waals surface area contributed by atoms with E-state index >= 15 is 0 Å². The number of hydrogen-bond acceptors (Lipinski definition) is 8. The summed E-state index contributed by atoms with van der Waals surface area (Å²) in [5.41, 5.74) is 2.23. The highest BCUT2D eigenvalue weighted by Crippen LogP contribution is 2.30. The van der Waals surface area contributed by atoms with E-state index < -0.39 is 10.1 Å². The number of rotatable bonds is 7. The van der Waals surface area contributed by atoms with Gasteiger partial charge in [0.2, 0.25) is 0 Å². The summed E-state index contributed by atoms with van der Waals surface area (Å²) < 4.78 is 37.0. The smallest absolute Gasteiger partial charge is 0.282 e. The Morgan fingerprint density at radius 2 is 1.81 bits per heavy atom. The third kappa shape index (κ3) is 5.46. The van der Waals surface area contributed by atoms with Gasteiger partial charge in [-0.2, -0.15) is 18.6 Å². The third-order valence-electron chi connectivity index (χ3n) is 3.26. The van der Waals surface area contributed by atoms with Gasteiger partial charge in [0.25, 0.3) is 10.1 Å². The zero-order chi connectivity index (χ0) is 19.2. The maximum absolute atomic E-state index is 11.6. The molecule has 0 unspecified atom stereocenters. The lowest BCUT2D eigenvalue weighted by atomic mass is 10.1. The topological polar surface area (TPSA) is 118 Å². The summed E-state index contributed by atoms with van der Waals surface area (Å²) in [6, 6.07) is 9.78. The molecule has 2 aromatic carbocycles. The molecule has 0 spiro atoms. The molecule has 0 fully saturated rings. The zero-order valence-corrected chi connectivity index (χ0v) is 15.5. The predicted molar refractivity (Wildman–Crippen MR) is 97.5 cm³/mol. The van der Waals surface area contributed by atoms with Gasteiger partial charge in [-0.1, -0.05) is 35.4 Å². The minimum atomic E-state index is -4.36. The summed E-state index contributed by atoms with van der Waals surface area (Å²) in [4.78, 5) is 0.356. The van der Waals surface area contributed by atoms with Gasteiger partial charge in [-0.15, -0.1) is 4.33 Å². The van der Waals surface area contributed by atoms with Gasteiger partial charge < -0.3 is 0 Å². The highest BCUT2D eigenvalue weighted by atomic mass is 32.2. The monoisotopic (exact) mass is 396 g/mol. The Labute approximate surface area is 155 Å². The number of benzene rings is 2. The lowest BCUT2D eigenvalue weighted by Crippen LogP contribution is -2.01. The first-order chi connectivity index (χ1) is 12.3. The Kier molecular flexibility index (Phi) is 7.03. The Balaban J connectivity index is 2.44. The minimum Gasteiger partial charge on any atom is -0.282 e. The second-order valence-electron chi connectivity index (χ2n) is 5.10. The fourth-order valence-corrected chi connectivity index (χ4v) is 3.42. The van der Waals surface area contributed by atoms with Crippen LogP contribution in [0, 0.1) is 6.92 Å². The molecule has 2 aromatic rings. The van der Waals surface area contributed by atoms with Crippen molar-refractivity contribution in [3.63, 3.8) is 0 Å². The largest absolute Gasteiger partial charge is 0.295 e. The lowest BCUT2D eigenvalue weighted by molar-refractivity contribution is -0.432. The van der Waals surface area contributed by atoms with Crippen LogP contribution in [-0.4, -0.2) is 25.3 Å².